The number of nitrogens with zero attached hydrogens (tertiary/aromatic N) is 4. The van der Waals surface area contributed by atoms with Crippen molar-refractivity contribution < 1.29 is 31.9 Å². The van der Waals surface area contributed by atoms with Crippen LogP contribution in [0.2, 0.25) is 0 Å². The molecule has 0 unspecified atom stereocenters. The molecule has 0 radical (unpaired) electrons. The third kappa shape index (κ3) is 3.78. The molecule has 0 aliphatic heterocycles. The van der Waals surface area contributed by atoms with Gasteiger partial charge in [0.15, 0.2) is 0 Å². The third-order valence-electron chi connectivity index (χ3n) is 3.09. The lowest BCUT2D eigenvalue weighted by Crippen LogP contribution is -2.26. The molecule has 25 heavy (non-hydrogen) atoms. The van der Waals surface area contributed by atoms with Crippen LogP contribution in [-0.2, 0) is 25.2 Å². The molecular formula is C12H8ClF5N4O3. The zero-order valence-electron chi connectivity index (χ0n) is 12.2. The molecule has 7 nitrogen and oxygen atoms in total. The number of alkyl halides is 6. The molecule has 0 fully saturated rings. The first-order chi connectivity index (χ1) is 11.3. The molecule has 2 aromatic rings. The lowest BCUT2D eigenvalue weighted by molar-refractivity contribution is -0.147. The lowest BCUT2D eigenvalue weighted by atomic mass is 10.1. The van der Waals surface area contributed by atoms with Crippen LogP contribution in [0, 0.1) is 0 Å². The molecule has 2 heterocycles. The number of aromatic carboxylic acids is 1. The second-order valence-electron chi connectivity index (χ2n) is 4.81. The number of carboxylic acids is 1. The van der Waals surface area contributed by atoms with E-state index in [9.17, 15) is 31.5 Å². The molecule has 0 atom stereocenters. The monoisotopic (exact) mass is 386 g/mol. The normalized spacial score (nSPS) is 12.4. The highest BCUT2D eigenvalue weighted by Gasteiger charge is 2.38. The van der Waals surface area contributed by atoms with Gasteiger partial charge in [0, 0.05) is 7.05 Å². The second kappa shape index (κ2) is 6.10. The van der Waals surface area contributed by atoms with E-state index >= 15 is 0 Å². The largest absolute Gasteiger partial charge is 0.478 e. The van der Waals surface area contributed by atoms with Gasteiger partial charge in [-0.1, -0.05) is 0 Å². The summed E-state index contributed by atoms with van der Waals surface area (Å²) in [5.74, 6) is -3.11. The summed E-state index contributed by atoms with van der Waals surface area (Å²) in [7, 11) is 0.809. The van der Waals surface area contributed by atoms with E-state index < -0.39 is 52.5 Å². The maximum Gasteiger partial charge on any atom is 0.451 e. The van der Waals surface area contributed by atoms with E-state index in [-0.39, 0.29) is 9.25 Å². The lowest BCUT2D eigenvalue weighted by Gasteiger charge is -2.11. The summed E-state index contributed by atoms with van der Waals surface area (Å²) in [6, 6.07) is 1.41. The summed E-state index contributed by atoms with van der Waals surface area (Å²) in [5.41, 5.74) is -3.43. The Balaban J connectivity index is 2.57. The van der Waals surface area contributed by atoms with Crippen molar-refractivity contribution in [1.82, 2.24) is 19.3 Å². The fourth-order valence-corrected chi connectivity index (χ4v) is 2.06. The van der Waals surface area contributed by atoms with Crippen molar-refractivity contribution in [1.29, 1.82) is 0 Å². The Morgan fingerprint density at radius 3 is 2.32 bits per heavy atom. The fourth-order valence-electron chi connectivity index (χ4n) is 1.95. The first kappa shape index (κ1) is 18.8. The van der Waals surface area contributed by atoms with E-state index in [1.807, 2.05) is 0 Å². The summed E-state index contributed by atoms with van der Waals surface area (Å²) in [6.07, 6.45) is -4.94. The maximum absolute atomic E-state index is 13.1. The number of pyridine rings is 1. The van der Waals surface area contributed by atoms with Gasteiger partial charge in [0.1, 0.15) is 5.69 Å². The van der Waals surface area contributed by atoms with Gasteiger partial charge in [-0.25, -0.2) is 19.3 Å². The molecule has 13 heteroatoms. The Morgan fingerprint density at radius 2 is 1.88 bits per heavy atom. The van der Waals surface area contributed by atoms with E-state index in [0.29, 0.717) is 6.07 Å². The molecule has 0 amide bonds. The van der Waals surface area contributed by atoms with Crippen LogP contribution >= 0.6 is 11.6 Å². The van der Waals surface area contributed by atoms with Gasteiger partial charge in [0.05, 0.1) is 17.8 Å². The number of carbonyl (C=O) groups is 1. The van der Waals surface area contributed by atoms with E-state index in [2.05, 4.69) is 10.1 Å². The number of rotatable bonds is 4. The highest BCUT2D eigenvalue weighted by molar-refractivity contribution is 6.21. The molecule has 0 spiro atoms. The van der Waals surface area contributed by atoms with Gasteiger partial charge in [-0.15, -0.1) is 5.10 Å². The van der Waals surface area contributed by atoms with Gasteiger partial charge in [0.25, 0.3) is 0 Å². The van der Waals surface area contributed by atoms with Crippen LogP contribution in [0.3, 0.4) is 0 Å². The molecule has 0 bridgehead atoms. The Bertz CT molecular complexity index is 884. The van der Waals surface area contributed by atoms with E-state index in [1.165, 1.54) is 0 Å². The molecule has 2 aromatic heterocycles. The predicted molar refractivity (Wildman–Crippen MR) is 72.5 cm³/mol. The average Bonchev–Trinajstić information content (AvgIpc) is 2.74. The van der Waals surface area contributed by atoms with E-state index in [0.717, 1.165) is 13.1 Å². The van der Waals surface area contributed by atoms with Gasteiger partial charge in [-0.2, -0.15) is 22.0 Å². The minimum Gasteiger partial charge on any atom is -0.478 e. The Kier molecular flexibility index (Phi) is 4.59. The summed E-state index contributed by atoms with van der Waals surface area (Å²) < 4.78 is 65.0. The average molecular weight is 387 g/mol. The van der Waals surface area contributed by atoms with Gasteiger partial charge >= 0.3 is 23.2 Å². The Labute approximate surface area is 140 Å². The Morgan fingerprint density at radius 1 is 1.28 bits per heavy atom. The fraction of sp³-hybridized carbons (Fsp3) is 0.333. The van der Waals surface area contributed by atoms with Gasteiger partial charge < -0.3 is 5.11 Å². The number of halogens is 6. The van der Waals surface area contributed by atoms with Crippen LogP contribution in [0.15, 0.2) is 16.9 Å². The van der Waals surface area contributed by atoms with Crippen LogP contribution in [0.5, 0.6) is 0 Å². The minimum absolute atomic E-state index is 0.195. The number of aromatic nitrogens is 4. The highest BCUT2D eigenvalue weighted by atomic mass is 35.5. The van der Waals surface area contributed by atoms with Gasteiger partial charge in [0.2, 0.25) is 5.82 Å². The van der Waals surface area contributed by atoms with Crippen molar-refractivity contribution in [2.45, 2.75) is 18.1 Å². The van der Waals surface area contributed by atoms with Crippen molar-refractivity contribution in [3.05, 3.63) is 45.4 Å². The molecule has 0 aromatic carbocycles. The molecule has 0 saturated heterocycles. The van der Waals surface area contributed by atoms with Crippen LogP contribution < -0.4 is 5.69 Å². The quantitative estimate of drug-likeness (QED) is 0.641. The van der Waals surface area contributed by atoms with Crippen LogP contribution in [0.25, 0.3) is 0 Å². The van der Waals surface area contributed by atoms with Gasteiger partial charge in [-0.05, 0) is 23.7 Å². The first-order valence-corrected chi connectivity index (χ1v) is 6.71. The van der Waals surface area contributed by atoms with Crippen molar-refractivity contribution >= 4 is 17.6 Å². The SMILES string of the molecule is Cn1c(C(F)(F)F)nn(Cc2nc(C(F)(F)Cl)ccc2C(=O)O)c1=O. The maximum atomic E-state index is 13.1. The second-order valence-corrected chi connectivity index (χ2v) is 5.29. The molecule has 0 saturated carbocycles. The smallest absolute Gasteiger partial charge is 0.451 e. The summed E-state index contributed by atoms with van der Waals surface area (Å²) in [4.78, 5) is 26.3. The zero-order valence-corrected chi connectivity index (χ0v) is 12.9. The topological polar surface area (TPSA) is 90.0 Å². The third-order valence-corrected chi connectivity index (χ3v) is 3.28. The predicted octanol–water partition coefficient (Wildman–Crippen LogP) is 2.03. The standard InChI is InChI=1S/C12H8ClF5N4O3/c1-21-9(12(16,17)18)20-22(10(21)25)4-6-5(8(23)24)2-3-7(19-6)11(13,14)15/h2-3H,4H2,1H3,(H,23,24). The number of carboxylic acid groups (broad SMARTS) is 1. The van der Waals surface area contributed by atoms with Crippen molar-refractivity contribution in [3.8, 4) is 0 Å². The molecular weight excluding hydrogens is 379 g/mol. The Hall–Kier alpha value is -2.50. The summed E-state index contributed by atoms with van der Waals surface area (Å²) >= 11 is 4.81. The summed E-state index contributed by atoms with van der Waals surface area (Å²) in [6.45, 7) is -0.870. The van der Waals surface area contributed by atoms with Crippen LogP contribution in [0.1, 0.15) is 27.6 Å². The van der Waals surface area contributed by atoms with Gasteiger partial charge in [-0.3, -0.25) is 4.57 Å². The van der Waals surface area contributed by atoms with E-state index in [4.69, 9.17) is 16.7 Å². The molecule has 136 valence electrons. The number of hydrogen-bond donors (Lipinski definition) is 1. The summed E-state index contributed by atoms with van der Waals surface area (Å²) in [5, 5.41) is 8.17. The highest BCUT2D eigenvalue weighted by Crippen LogP contribution is 2.31. The zero-order chi connectivity index (χ0) is 19.2. The first-order valence-electron chi connectivity index (χ1n) is 6.34. The molecule has 0 aliphatic rings. The number of hydrogen-bond acceptors (Lipinski definition) is 4. The molecule has 0 aliphatic carbocycles. The van der Waals surface area contributed by atoms with Crippen LogP contribution in [0.4, 0.5) is 22.0 Å². The minimum atomic E-state index is -4.94. The molecule has 2 rings (SSSR count). The molecule has 1 N–H and O–H groups in total. The van der Waals surface area contributed by atoms with Crippen molar-refractivity contribution in [2.24, 2.45) is 7.05 Å². The van der Waals surface area contributed by atoms with E-state index in [1.54, 1.807) is 0 Å². The van der Waals surface area contributed by atoms with Crippen molar-refractivity contribution in [3.63, 3.8) is 0 Å². The van der Waals surface area contributed by atoms with Crippen LogP contribution in [-0.4, -0.2) is 30.4 Å². The van der Waals surface area contributed by atoms with Crippen molar-refractivity contribution in [2.75, 3.05) is 0 Å².